The van der Waals surface area contributed by atoms with Gasteiger partial charge in [-0.05, 0) is 0 Å². The standard InChI is InChI=1S/C9H10O6/c1-2-4(10)7-8(13)5(3-6(11)12)15-9(7)14/h5,13H,2-3H2,1H3,(H,11,12)/p-2. The van der Waals surface area contributed by atoms with E-state index in [-0.39, 0.29) is 6.42 Å². The highest BCUT2D eigenvalue weighted by molar-refractivity contribution is 6.18. The van der Waals surface area contributed by atoms with Crippen molar-refractivity contribution < 1.29 is 29.3 Å². The van der Waals surface area contributed by atoms with Crippen LogP contribution in [0.2, 0.25) is 0 Å². The Morgan fingerprint density at radius 1 is 1.47 bits per heavy atom. The smallest absolute Gasteiger partial charge is 0.341 e. The van der Waals surface area contributed by atoms with Gasteiger partial charge in [0.2, 0.25) is 0 Å². The fourth-order valence-electron chi connectivity index (χ4n) is 1.22. The average molecular weight is 212 g/mol. The summed E-state index contributed by atoms with van der Waals surface area (Å²) in [7, 11) is 0. The molecule has 6 nitrogen and oxygen atoms in total. The van der Waals surface area contributed by atoms with Gasteiger partial charge in [-0.2, -0.15) is 0 Å². The van der Waals surface area contributed by atoms with Gasteiger partial charge in [0, 0.05) is 18.8 Å². The molecule has 0 aliphatic carbocycles. The lowest BCUT2D eigenvalue weighted by atomic mass is 10.1. The Balaban J connectivity index is 2.93. The van der Waals surface area contributed by atoms with Gasteiger partial charge < -0.3 is 19.7 Å². The first-order valence-electron chi connectivity index (χ1n) is 4.32. The maximum atomic E-state index is 11.4. The van der Waals surface area contributed by atoms with Crippen molar-refractivity contribution in [2.24, 2.45) is 0 Å². The molecule has 0 amide bonds. The highest BCUT2D eigenvalue weighted by Crippen LogP contribution is 2.22. The first kappa shape index (κ1) is 11.2. The number of hydrogen-bond donors (Lipinski definition) is 0. The average Bonchev–Trinajstić information content (AvgIpc) is 2.40. The Labute approximate surface area is 85.1 Å². The van der Waals surface area contributed by atoms with Crippen LogP contribution in [0.3, 0.4) is 0 Å². The van der Waals surface area contributed by atoms with Gasteiger partial charge in [-0.3, -0.25) is 4.79 Å². The minimum absolute atomic E-state index is 0.00574. The SMILES string of the molecule is CCC(=O)C1=C([O-])C(CC(=O)[O-])OC1=O. The van der Waals surface area contributed by atoms with Crippen molar-refractivity contribution in [1.29, 1.82) is 0 Å². The Hall–Kier alpha value is -1.85. The summed E-state index contributed by atoms with van der Waals surface area (Å²) in [6.45, 7) is 1.49. The molecular formula is C9H8O6-2. The number of rotatable bonds is 4. The van der Waals surface area contributed by atoms with E-state index in [0.717, 1.165) is 0 Å². The van der Waals surface area contributed by atoms with Crippen molar-refractivity contribution >= 4 is 17.7 Å². The molecule has 15 heavy (non-hydrogen) atoms. The Morgan fingerprint density at radius 2 is 2.07 bits per heavy atom. The third kappa shape index (κ3) is 2.15. The maximum absolute atomic E-state index is 11.4. The van der Waals surface area contributed by atoms with Crippen molar-refractivity contribution in [3.8, 4) is 0 Å². The predicted molar refractivity (Wildman–Crippen MR) is 41.8 cm³/mol. The van der Waals surface area contributed by atoms with Crippen LogP contribution >= 0.6 is 0 Å². The second-order valence-electron chi connectivity index (χ2n) is 2.99. The molecule has 0 radical (unpaired) electrons. The summed E-state index contributed by atoms with van der Waals surface area (Å²) in [6.07, 6.45) is -2.13. The molecule has 0 saturated carbocycles. The summed E-state index contributed by atoms with van der Waals surface area (Å²) >= 11 is 0. The minimum atomic E-state index is -1.51. The topological polar surface area (TPSA) is 107 Å². The first-order valence-corrected chi connectivity index (χ1v) is 4.32. The van der Waals surface area contributed by atoms with Crippen LogP contribution in [0.25, 0.3) is 0 Å². The van der Waals surface area contributed by atoms with Crippen LogP contribution in [0, 0.1) is 0 Å². The highest BCUT2D eigenvalue weighted by atomic mass is 16.6. The summed E-state index contributed by atoms with van der Waals surface area (Å²) in [5.74, 6) is -4.05. The largest absolute Gasteiger partial charge is 0.872 e. The Kier molecular flexibility index (Phi) is 3.08. The van der Waals surface area contributed by atoms with E-state index in [2.05, 4.69) is 4.74 Å². The normalized spacial score (nSPS) is 20.3. The van der Waals surface area contributed by atoms with Gasteiger partial charge in [0.15, 0.2) is 5.78 Å². The van der Waals surface area contributed by atoms with Crippen LogP contribution in [-0.4, -0.2) is 23.8 Å². The second-order valence-corrected chi connectivity index (χ2v) is 2.99. The molecule has 6 heteroatoms. The van der Waals surface area contributed by atoms with Crippen LogP contribution < -0.4 is 10.2 Å². The monoisotopic (exact) mass is 212 g/mol. The number of carbonyl (C=O) groups is 3. The lowest BCUT2D eigenvalue weighted by molar-refractivity contribution is -0.326. The Bertz CT molecular complexity index is 354. The van der Waals surface area contributed by atoms with E-state index in [1.807, 2.05) is 0 Å². The third-order valence-corrected chi connectivity index (χ3v) is 1.94. The maximum Gasteiger partial charge on any atom is 0.341 e. The summed E-state index contributed by atoms with van der Waals surface area (Å²) in [5, 5.41) is 21.6. The molecule has 0 fully saturated rings. The van der Waals surface area contributed by atoms with Crippen molar-refractivity contribution in [2.45, 2.75) is 25.9 Å². The molecule has 0 aromatic carbocycles. The molecule has 1 aliphatic heterocycles. The van der Waals surface area contributed by atoms with Crippen LogP contribution in [0.4, 0.5) is 0 Å². The number of carboxylic acids is 1. The van der Waals surface area contributed by atoms with E-state index in [1.54, 1.807) is 0 Å². The minimum Gasteiger partial charge on any atom is -0.872 e. The number of carboxylic acid groups (broad SMARTS) is 1. The molecule has 0 aromatic rings. The van der Waals surface area contributed by atoms with Gasteiger partial charge in [0.05, 0.1) is 5.57 Å². The number of carbonyl (C=O) groups excluding carboxylic acids is 3. The van der Waals surface area contributed by atoms with Gasteiger partial charge >= 0.3 is 5.97 Å². The molecule has 0 bridgehead atoms. The van der Waals surface area contributed by atoms with Gasteiger partial charge in [0.1, 0.15) is 6.10 Å². The second kappa shape index (κ2) is 4.12. The third-order valence-electron chi connectivity index (χ3n) is 1.94. The van der Waals surface area contributed by atoms with E-state index in [9.17, 15) is 24.6 Å². The van der Waals surface area contributed by atoms with Crippen molar-refractivity contribution in [3.63, 3.8) is 0 Å². The number of hydrogen-bond acceptors (Lipinski definition) is 6. The number of cyclic esters (lactones) is 1. The molecule has 1 heterocycles. The Morgan fingerprint density at radius 3 is 2.53 bits per heavy atom. The zero-order valence-electron chi connectivity index (χ0n) is 7.94. The number of aliphatic carboxylic acids is 1. The van der Waals surface area contributed by atoms with E-state index in [0.29, 0.717) is 0 Å². The number of Topliss-reactive ketones (excluding diaryl/α,β-unsaturated/α-hetero) is 1. The number of ether oxygens (including phenoxy) is 1. The molecule has 1 rings (SSSR count). The van der Waals surface area contributed by atoms with Gasteiger partial charge in [-0.25, -0.2) is 4.79 Å². The van der Waals surface area contributed by atoms with Crippen LogP contribution in [0.1, 0.15) is 19.8 Å². The summed E-state index contributed by atoms with van der Waals surface area (Å²) < 4.78 is 4.45. The summed E-state index contributed by atoms with van der Waals surface area (Å²) in [6, 6.07) is 0. The predicted octanol–water partition coefficient (Wildman–Crippen LogP) is -2.35. The molecular weight excluding hydrogens is 204 g/mol. The molecule has 1 atom stereocenters. The molecule has 1 unspecified atom stereocenters. The summed E-state index contributed by atoms with van der Waals surface area (Å²) in [5.41, 5.74) is -0.566. The molecule has 1 aliphatic rings. The lowest BCUT2D eigenvalue weighted by Crippen LogP contribution is -2.31. The molecule has 82 valence electrons. The van der Waals surface area contributed by atoms with Gasteiger partial charge in [-0.1, -0.05) is 12.7 Å². The van der Waals surface area contributed by atoms with Crippen LogP contribution in [0.15, 0.2) is 11.3 Å². The zero-order valence-corrected chi connectivity index (χ0v) is 7.94. The number of ketones is 1. The highest BCUT2D eigenvalue weighted by Gasteiger charge is 2.31. The van der Waals surface area contributed by atoms with Crippen molar-refractivity contribution in [2.75, 3.05) is 0 Å². The van der Waals surface area contributed by atoms with Crippen LogP contribution in [0.5, 0.6) is 0 Å². The van der Waals surface area contributed by atoms with Crippen LogP contribution in [-0.2, 0) is 19.1 Å². The molecule has 0 spiro atoms. The molecule has 0 saturated heterocycles. The quantitative estimate of drug-likeness (QED) is 0.381. The first-order chi connectivity index (χ1) is 6.97. The van der Waals surface area contributed by atoms with Gasteiger partial charge in [0.25, 0.3) is 0 Å². The fourth-order valence-corrected chi connectivity index (χ4v) is 1.22. The fraction of sp³-hybridized carbons (Fsp3) is 0.444. The van der Waals surface area contributed by atoms with Crippen molar-refractivity contribution in [3.05, 3.63) is 11.3 Å². The van der Waals surface area contributed by atoms with E-state index in [1.165, 1.54) is 6.92 Å². The molecule has 0 aromatic heterocycles. The van der Waals surface area contributed by atoms with E-state index >= 15 is 0 Å². The lowest BCUT2D eigenvalue weighted by Gasteiger charge is -2.17. The van der Waals surface area contributed by atoms with Gasteiger partial charge in [-0.15, -0.1) is 0 Å². The zero-order chi connectivity index (χ0) is 11.6. The molecule has 0 N–H and O–H groups in total. The van der Waals surface area contributed by atoms with E-state index in [4.69, 9.17) is 0 Å². The van der Waals surface area contributed by atoms with E-state index < -0.39 is 41.6 Å². The number of esters is 1. The summed E-state index contributed by atoms with van der Waals surface area (Å²) in [4.78, 5) is 32.4. The van der Waals surface area contributed by atoms with Crippen molar-refractivity contribution in [1.82, 2.24) is 0 Å².